The van der Waals surface area contributed by atoms with E-state index in [2.05, 4.69) is 5.32 Å². The van der Waals surface area contributed by atoms with Crippen LogP contribution >= 0.6 is 0 Å². The molecule has 1 saturated heterocycles. The van der Waals surface area contributed by atoms with E-state index >= 15 is 0 Å². The molecule has 1 heterocycles. The number of amides is 1. The Bertz CT molecular complexity index is 456. The summed E-state index contributed by atoms with van der Waals surface area (Å²) in [4.78, 5) is 13.9. The molecule has 0 aromatic heterocycles. The Balaban J connectivity index is 2.11. The molecule has 0 spiro atoms. The number of nitrogens with zero attached hydrogens (tertiary/aromatic N) is 1. The first-order valence-electron chi connectivity index (χ1n) is 6.45. The second-order valence-electron chi connectivity index (χ2n) is 4.71. The summed E-state index contributed by atoms with van der Waals surface area (Å²) in [6, 6.07) is 5.30. The number of piperazine rings is 1. The van der Waals surface area contributed by atoms with E-state index in [0.29, 0.717) is 18.7 Å². The molecule has 1 aliphatic heterocycles. The predicted molar refractivity (Wildman–Crippen MR) is 72.1 cm³/mol. The molecule has 104 valence electrons. The van der Waals surface area contributed by atoms with Crippen molar-refractivity contribution in [1.82, 2.24) is 10.2 Å². The standard InChI is InChI=1S/C14H20N2O3/c1-10-9-11(3-4-12(10)19-2)13(17)14(18)16-7-5-15-6-8-16/h3-4,9,13,15,17H,5-8H2,1-2H3. The van der Waals surface area contributed by atoms with Crippen molar-refractivity contribution in [3.05, 3.63) is 29.3 Å². The lowest BCUT2D eigenvalue weighted by Gasteiger charge is -2.29. The maximum atomic E-state index is 12.2. The number of rotatable bonds is 3. The van der Waals surface area contributed by atoms with Gasteiger partial charge in [0.2, 0.25) is 0 Å². The molecule has 1 aromatic rings. The zero-order valence-corrected chi connectivity index (χ0v) is 11.3. The summed E-state index contributed by atoms with van der Waals surface area (Å²) in [6.45, 7) is 4.74. The highest BCUT2D eigenvalue weighted by atomic mass is 16.5. The van der Waals surface area contributed by atoms with Crippen molar-refractivity contribution in [2.45, 2.75) is 13.0 Å². The number of aliphatic hydroxyl groups is 1. The van der Waals surface area contributed by atoms with Crippen LogP contribution in [-0.4, -0.2) is 49.2 Å². The van der Waals surface area contributed by atoms with E-state index in [0.717, 1.165) is 24.4 Å². The van der Waals surface area contributed by atoms with Gasteiger partial charge < -0.3 is 20.1 Å². The van der Waals surface area contributed by atoms with E-state index < -0.39 is 6.10 Å². The Hall–Kier alpha value is -1.59. The van der Waals surface area contributed by atoms with Crippen LogP contribution in [0, 0.1) is 6.92 Å². The lowest BCUT2D eigenvalue weighted by Crippen LogP contribution is -2.48. The minimum atomic E-state index is -1.09. The number of nitrogens with one attached hydrogen (secondary N) is 1. The molecule has 1 aliphatic rings. The van der Waals surface area contributed by atoms with Gasteiger partial charge in [0.05, 0.1) is 7.11 Å². The van der Waals surface area contributed by atoms with Crippen LogP contribution in [0.2, 0.25) is 0 Å². The quantitative estimate of drug-likeness (QED) is 0.833. The Morgan fingerprint density at radius 2 is 2.11 bits per heavy atom. The lowest BCUT2D eigenvalue weighted by atomic mass is 10.0. The summed E-state index contributed by atoms with van der Waals surface area (Å²) in [5.41, 5.74) is 1.52. The first-order chi connectivity index (χ1) is 9.13. The molecule has 0 aliphatic carbocycles. The fourth-order valence-corrected chi connectivity index (χ4v) is 2.27. The van der Waals surface area contributed by atoms with Gasteiger partial charge in [0.1, 0.15) is 5.75 Å². The topological polar surface area (TPSA) is 61.8 Å². The maximum Gasteiger partial charge on any atom is 0.256 e. The summed E-state index contributed by atoms with van der Waals surface area (Å²) < 4.78 is 5.17. The van der Waals surface area contributed by atoms with Crippen molar-refractivity contribution in [3.8, 4) is 5.75 Å². The van der Waals surface area contributed by atoms with Crippen molar-refractivity contribution in [2.75, 3.05) is 33.3 Å². The molecule has 0 radical (unpaired) electrons. The van der Waals surface area contributed by atoms with Crippen LogP contribution in [0.1, 0.15) is 17.2 Å². The molecule has 5 heteroatoms. The number of carbonyl (C=O) groups is 1. The van der Waals surface area contributed by atoms with Gasteiger partial charge in [0, 0.05) is 26.2 Å². The second kappa shape index (κ2) is 6.04. The Kier molecular flexibility index (Phi) is 4.39. The molecule has 0 saturated carbocycles. The van der Waals surface area contributed by atoms with Crippen LogP contribution in [0.25, 0.3) is 0 Å². The first kappa shape index (κ1) is 13.8. The largest absolute Gasteiger partial charge is 0.496 e. The Morgan fingerprint density at radius 1 is 1.42 bits per heavy atom. The monoisotopic (exact) mass is 264 g/mol. The van der Waals surface area contributed by atoms with E-state index in [9.17, 15) is 9.90 Å². The van der Waals surface area contributed by atoms with Crippen molar-refractivity contribution in [1.29, 1.82) is 0 Å². The fraction of sp³-hybridized carbons (Fsp3) is 0.500. The molecule has 1 amide bonds. The summed E-state index contributed by atoms with van der Waals surface area (Å²) >= 11 is 0. The second-order valence-corrected chi connectivity index (χ2v) is 4.71. The lowest BCUT2D eigenvalue weighted by molar-refractivity contribution is -0.141. The van der Waals surface area contributed by atoms with Gasteiger partial charge in [-0.05, 0) is 30.2 Å². The Labute approximate surface area is 113 Å². The third kappa shape index (κ3) is 3.05. The van der Waals surface area contributed by atoms with Crippen molar-refractivity contribution in [2.24, 2.45) is 0 Å². The molecule has 5 nitrogen and oxygen atoms in total. The van der Waals surface area contributed by atoms with E-state index in [1.54, 1.807) is 30.2 Å². The van der Waals surface area contributed by atoms with Gasteiger partial charge in [-0.1, -0.05) is 6.07 Å². The molecule has 1 fully saturated rings. The summed E-state index contributed by atoms with van der Waals surface area (Å²) in [6.07, 6.45) is -1.09. The number of hydrogen-bond acceptors (Lipinski definition) is 4. The van der Waals surface area contributed by atoms with Crippen molar-refractivity contribution in [3.63, 3.8) is 0 Å². The first-order valence-corrected chi connectivity index (χ1v) is 6.45. The average molecular weight is 264 g/mol. The Morgan fingerprint density at radius 3 is 2.68 bits per heavy atom. The molecule has 2 N–H and O–H groups in total. The van der Waals surface area contributed by atoms with Crippen LogP contribution in [-0.2, 0) is 4.79 Å². The molecular formula is C14H20N2O3. The number of benzene rings is 1. The highest BCUT2D eigenvalue weighted by Crippen LogP contribution is 2.23. The minimum Gasteiger partial charge on any atom is -0.496 e. The number of hydrogen-bond donors (Lipinski definition) is 2. The van der Waals surface area contributed by atoms with E-state index in [-0.39, 0.29) is 5.91 Å². The molecule has 19 heavy (non-hydrogen) atoms. The maximum absolute atomic E-state index is 12.2. The highest BCUT2D eigenvalue weighted by Gasteiger charge is 2.25. The third-order valence-corrected chi connectivity index (χ3v) is 3.40. The molecule has 0 bridgehead atoms. The summed E-state index contributed by atoms with van der Waals surface area (Å²) in [7, 11) is 1.60. The summed E-state index contributed by atoms with van der Waals surface area (Å²) in [5.74, 6) is 0.525. The van der Waals surface area contributed by atoms with Gasteiger partial charge in [-0.2, -0.15) is 0 Å². The van der Waals surface area contributed by atoms with Crippen molar-refractivity contribution < 1.29 is 14.6 Å². The van der Waals surface area contributed by atoms with Crippen LogP contribution < -0.4 is 10.1 Å². The minimum absolute atomic E-state index is 0.230. The number of methoxy groups -OCH3 is 1. The SMILES string of the molecule is COc1ccc(C(O)C(=O)N2CCNCC2)cc1C. The zero-order valence-electron chi connectivity index (χ0n) is 11.3. The normalized spacial score (nSPS) is 17.1. The van der Waals surface area contributed by atoms with E-state index in [4.69, 9.17) is 4.74 Å². The van der Waals surface area contributed by atoms with Crippen LogP contribution in [0.15, 0.2) is 18.2 Å². The van der Waals surface area contributed by atoms with Gasteiger partial charge in [-0.3, -0.25) is 4.79 Å². The van der Waals surface area contributed by atoms with Gasteiger partial charge in [0.15, 0.2) is 6.10 Å². The summed E-state index contributed by atoms with van der Waals surface area (Å²) in [5, 5.41) is 13.4. The zero-order chi connectivity index (χ0) is 13.8. The number of aryl methyl sites for hydroxylation is 1. The van der Waals surface area contributed by atoms with Gasteiger partial charge >= 0.3 is 0 Å². The predicted octanol–water partition coefficient (Wildman–Crippen LogP) is 0.469. The fourth-order valence-electron chi connectivity index (χ4n) is 2.27. The smallest absolute Gasteiger partial charge is 0.256 e. The molecule has 2 rings (SSSR count). The van der Waals surface area contributed by atoms with Gasteiger partial charge in [-0.25, -0.2) is 0 Å². The third-order valence-electron chi connectivity index (χ3n) is 3.40. The van der Waals surface area contributed by atoms with Crippen molar-refractivity contribution >= 4 is 5.91 Å². The van der Waals surface area contributed by atoms with Crippen LogP contribution in [0.4, 0.5) is 0 Å². The average Bonchev–Trinajstić information content (AvgIpc) is 2.46. The highest BCUT2D eigenvalue weighted by molar-refractivity contribution is 5.82. The van der Waals surface area contributed by atoms with E-state index in [1.807, 2.05) is 6.92 Å². The van der Waals surface area contributed by atoms with Crippen LogP contribution in [0.5, 0.6) is 5.75 Å². The number of aliphatic hydroxyl groups excluding tert-OH is 1. The van der Waals surface area contributed by atoms with E-state index in [1.165, 1.54) is 0 Å². The molecule has 1 unspecified atom stereocenters. The number of carbonyl (C=O) groups excluding carboxylic acids is 1. The number of ether oxygens (including phenoxy) is 1. The molecule has 1 aromatic carbocycles. The van der Waals surface area contributed by atoms with Gasteiger partial charge in [0.25, 0.3) is 5.91 Å². The van der Waals surface area contributed by atoms with Gasteiger partial charge in [-0.15, -0.1) is 0 Å². The molecular weight excluding hydrogens is 244 g/mol. The molecule has 1 atom stereocenters. The van der Waals surface area contributed by atoms with Crippen LogP contribution in [0.3, 0.4) is 0 Å².